The van der Waals surface area contributed by atoms with E-state index in [1.54, 1.807) is 9.80 Å². The van der Waals surface area contributed by atoms with Gasteiger partial charge in [0.25, 0.3) is 5.91 Å². The van der Waals surface area contributed by atoms with Crippen LogP contribution in [0.25, 0.3) is 5.70 Å². The molecule has 0 bridgehead atoms. The SMILES string of the molecule is O=C=O.[CH2-][C@H](O/N=C(\C(=O)C[C@@H]1C(=O)N2C(c3nnn[n-]3)=C(C[N+]3(C)CCN(C(=O)c4ccc(O)c(O)c4Cl)CC3)CS[C@H]12)c1csc(N)n1)C(=O)[O-].[Na+].[Na+]. The van der Waals surface area contributed by atoms with E-state index in [0.29, 0.717) is 48.7 Å². The number of aliphatic carboxylic acids is 1. The fourth-order valence-corrected chi connectivity index (χ4v) is 8.13. The summed E-state index contributed by atoms with van der Waals surface area (Å²) in [5, 5.41) is 50.7. The van der Waals surface area contributed by atoms with Crippen LogP contribution in [0.3, 0.4) is 0 Å². The van der Waals surface area contributed by atoms with Gasteiger partial charge in [-0.3, -0.25) is 36.5 Å². The zero-order valence-electron chi connectivity index (χ0n) is 29.6. The Kier molecular flexibility index (Phi) is 16.4. The first-order valence-corrected chi connectivity index (χ1v) is 17.7. The summed E-state index contributed by atoms with van der Waals surface area (Å²) >= 11 is 8.65. The fraction of sp³-hybridized carbons (Fsp3) is 0.367. The molecule has 6 rings (SSSR count). The number of phenolic OH excluding ortho intramolecular Hbond substituents is 2. The first kappa shape index (κ1) is 46.0. The molecule has 2 saturated heterocycles. The normalized spacial score (nSPS) is 19.3. The zero-order valence-corrected chi connectivity index (χ0v) is 36.0. The monoisotopic (exact) mass is 834 g/mol. The molecule has 3 aliphatic heterocycles. The molecule has 4 N–H and O–H groups in total. The summed E-state index contributed by atoms with van der Waals surface area (Å²) in [7, 11) is 2.04. The van der Waals surface area contributed by atoms with Crippen LogP contribution in [-0.2, 0) is 28.8 Å². The quantitative estimate of drug-likeness (QED) is 0.0308. The van der Waals surface area contributed by atoms with Crippen LogP contribution in [0.4, 0.5) is 5.13 Å². The Morgan fingerprint density at radius 1 is 1.25 bits per heavy atom. The molecule has 3 atom stereocenters. The number of hydrogen-bond acceptors (Lipinski definition) is 18. The van der Waals surface area contributed by atoms with Gasteiger partial charge in [0.1, 0.15) is 12.2 Å². The Bertz CT molecular complexity index is 2020. The number of aromatic hydroxyl groups is 2. The van der Waals surface area contributed by atoms with Crippen molar-refractivity contribution in [1.82, 2.24) is 35.4 Å². The number of quaternary nitrogens is 1. The smallest absolute Gasteiger partial charge is 0.549 e. The number of Topliss-reactive ketones (excluding diaryl/α,β-unsaturated/α-hetero) is 1. The van der Waals surface area contributed by atoms with Crippen molar-refractivity contribution in [3.05, 3.63) is 52.1 Å². The van der Waals surface area contributed by atoms with Crippen molar-refractivity contribution in [3.63, 3.8) is 0 Å². The van der Waals surface area contributed by atoms with Gasteiger partial charge < -0.3 is 45.2 Å². The van der Waals surface area contributed by atoms with Crippen LogP contribution in [0, 0.1) is 12.8 Å². The molecule has 20 nitrogen and oxygen atoms in total. The predicted molar refractivity (Wildman–Crippen MR) is 181 cm³/mol. The number of thiazole rings is 1. The average molecular weight is 835 g/mol. The number of amides is 2. The molecule has 280 valence electrons. The van der Waals surface area contributed by atoms with Crippen molar-refractivity contribution < 1.29 is 113 Å². The number of hydrogen-bond donors (Lipinski definition) is 3. The van der Waals surface area contributed by atoms with Crippen LogP contribution in [0.1, 0.15) is 28.3 Å². The van der Waals surface area contributed by atoms with Crippen LogP contribution in [0.5, 0.6) is 11.5 Å². The maximum Gasteiger partial charge on any atom is 1.00 e. The maximum atomic E-state index is 13.7. The van der Waals surface area contributed by atoms with E-state index in [4.69, 9.17) is 31.8 Å². The molecule has 2 amide bonds. The third-order valence-corrected chi connectivity index (χ3v) is 11.1. The van der Waals surface area contributed by atoms with Crippen LogP contribution in [0.15, 0.2) is 28.2 Å². The number of phenols is 2. The van der Waals surface area contributed by atoms with E-state index in [1.807, 2.05) is 7.05 Å². The van der Waals surface area contributed by atoms with Gasteiger partial charge >= 0.3 is 65.3 Å². The number of carboxylic acid groups (broad SMARTS) is 1. The van der Waals surface area contributed by atoms with Gasteiger partial charge in [0.2, 0.25) is 5.91 Å². The molecule has 3 aliphatic rings. The average Bonchev–Trinajstić information content (AvgIpc) is 3.82. The first-order valence-electron chi connectivity index (χ1n) is 15.4. The number of rotatable bonds is 11. The molecule has 0 unspecified atom stereocenters. The van der Waals surface area contributed by atoms with E-state index in [1.165, 1.54) is 29.3 Å². The summed E-state index contributed by atoms with van der Waals surface area (Å²) in [4.78, 5) is 79.9. The van der Waals surface area contributed by atoms with Gasteiger partial charge in [0.15, 0.2) is 28.1 Å². The summed E-state index contributed by atoms with van der Waals surface area (Å²) < 4.78 is 0.518. The second-order valence-corrected chi connectivity index (χ2v) is 14.5. The number of thioether (sulfide) groups is 1. The molecule has 0 radical (unpaired) electrons. The number of tetrazole rings is 1. The Morgan fingerprint density at radius 3 is 2.51 bits per heavy atom. The number of carbonyl (C=O) groups is 4. The predicted octanol–water partition coefficient (Wildman–Crippen LogP) is -7.47. The van der Waals surface area contributed by atoms with Gasteiger partial charge in [-0.15, -0.1) is 23.1 Å². The Balaban J connectivity index is 0.00000157. The van der Waals surface area contributed by atoms with Crippen molar-refractivity contribution in [2.75, 3.05) is 51.3 Å². The van der Waals surface area contributed by atoms with Gasteiger partial charge in [-0.05, 0) is 12.1 Å². The molecule has 0 spiro atoms. The van der Waals surface area contributed by atoms with Crippen molar-refractivity contribution in [2.45, 2.75) is 17.9 Å². The number of likely N-dealkylation sites (N-methyl/N-ethyl adjacent to an activating group) is 1. The van der Waals surface area contributed by atoms with E-state index in [0.717, 1.165) is 16.9 Å². The third kappa shape index (κ3) is 10.1. The molecule has 0 saturated carbocycles. The number of ketones is 1. The molecule has 5 heterocycles. The van der Waals surface area contributed by atoms with Crippen LogP contribution < -0.4 is 75.1 Å². The van der Waals surface area contributed by atoms with Gasteiger partial charge in [-0.25, -0.2) is 4.98 Å². The van der Waals surface area contributed by atoms with E-state index in [9.17, 15) is 34.5 Å². The molecule has 2 aromatic heterocycles. The minimum atomic E-state index is -1.69. The largest absolute Gasteiger partial charge is 1.00 e. The minimum Gasteiger partial charge on any atom is -0.549 e. The molecule has 3 aromatic rings. The summed E-state index contributed by atoms with van der Waals surface area (Å²) in [6, 6.07) is 2.58. The molecule has 2 fully saturated rings. The van der Waals surface area contributed by atoms with Crippen molar-refractivity contribution in [1.29, 1.82) is 0 Å². The second kappa shape index (κ2) is 19.6. The Morgan fingerprint density at radius 2 is 1.93 bits per heavy atom. The number of nitrogen functional groups attached to an aromatic ring is 1. The van der Waals surface area contributed by atoms with Crippen molar-refractivity contribution in [3.8, 4) is 11.5 Å². The number of nitrogens with zero attached hydrogens (tertiary/aromatic N) is 9. The Labute approximate surface area is 369 Å². The number of carbonyl (C=O) groups excluding carboxylic acids is 6. The number of benzene rings is 1. The Hall–Kier alpha value is -3.41. The van der Waals surface area contributed by atoms with Gasteiger partial charge in [0, 0.05) is 29.2 Å². The van der Waals surface area contributed by atoms with Crippen LogP contribution in [-0.4, -0.2) is 137 Å². The summed E-state index contributed by atoms with van der Waals surface area (Å²) in [6.45, 7) is 5.62. The summed E-state index contributed by atoms with van der Waals surface area (Å²) in [5.41, 5.74) is 6.91. The zero-order chi connectivity index (χ0) is 38.6. The fourth-order valence-electron chi connectivity index (χ4n) is 5.94. The summed E-state index contributed by atoms with van der Waals surface area (Å²) in [6.07, 6.45) is -1.72. The number of β-lactam (4-membered cyclic amide) rings is 1. The molecule has 55 heavy (non-hydrogen) atoms. The van der Waals surface area contributed by atoms with Gasteiger partial charge in [0.05, 0.1) is 72.6 Å². The molecule has 25 heteroatoms. The van der Waals surface area contributed by atoms with E-state index in [2.05, 4.69) is 37.7 Å². The number of piperazine rings is 1. The van der Waals surface area contributed by atoms with E-state index >= 15 is 0 Å². The van der Waals surface area contributed by atoms with Crippen molar-refractivity contribution >= 4 is 81.0 Å². The van der Waals surface area contributed by atoms with Gasteiger partial charge in [-0.2, -0.15) is 14.8 Å². The molecular formula is C30H29ClN10Na2O10S2. The number of aromatic nitrogens is 5. The number of anilines is 1. The first-order chi connectivity index (χ1) is 25.2. The minimum absolute atomic E-state index is 0. The third-order valence-electron chi connectivity index (χ3n) is 8.66. The molecule has 0 aliphatic carbocycles. The topological polar surface area (TPSA) is 286 Å². The van der Waals surface area contributed by atoms with E-state index < -0.39 is 40.6 Å². The van der Waals surface area contributed by atoms with Gasteiger partial charge in [-0.1, -0.05) is 16.8 Å². The second-order valence-electron chi connectivity index (χ2n) is 12.1. The molecule has 1 aromatic carbocycles. The number of fused-ring (bicyclic) bond motifs is 1. The van der Waals surface area contributed by atoms with E-state index in [-0.39, 0.29) is 116 Å². The summed E-state index contributed by atoms with van der Waals surface area (Å²) in [5.74, 6) is -4.07. The molecular weight excluding hydrogens is 806 g/mol. The standard InChI is InChI=1S/C29H31ClN10O8S2.CO2.2Na/c1-13(28(46)47)48-35-21(17-12-50-29(31)32-17)19(42)9-16-26(45)39-22(24-33-36-37-34-24)14(11-49-27(16)39)10-40(2)7-5-38(6-8-40)25(44)15-3-4-18(41)23(43)20(15)30;2-1-3;;/h3-4,12-13,16,27H,1,5-11H2,2H3,(H6,31,32,33,34,35,36,37,41,42,43,44,46,47);;;/q;;2*+1/p-2/t13-,16+,27+;;;/m0.../s1. The number of halogens is 1. The number of carboxylic acids is 1. The number of oxime groups is 1. The van der Waals surface area contributed by atoms with Crippen LogP contribution >= 0.6 is 34.7 Å². The number of nitrogens with two attached hydrogens (primary N) is 1. The maximum absolute atomic E-state index is 13.7. The van der Waals surface area contributed by atoms with Crippen LogP contribution in [0.2, 0.25) is 5.02 Å². The van der Waals surface area contributed by atoms with Crippen molar-refractivity contribution in [2.24, 2.45) is 11.1 Å².